The summed E-state index contributed by atoms with van der Waals surface area (Å²) in [5, 5.41) is 0. The number of sulfonamides is 1. The molecule has 0 amide bonds. The van der Waals surface area contributed by atoms with Crippen LogP contribution in [0.1, 0.15) is 39.2 Å². The van der Waals surface area contributed by atoms with Crippen molar-refractivity contribution >= 4 is 33.3 Å². The van der Waals surface area contributed by atoms with Gasteiger partial charge >= 0.3 is 0 Å². The molecule has 184 valence electrons. The highest BCUT2D eigenvalue weighted by Crippen LogP contribution is 2.56. The van der Waals surface area contributed by atoms with Gasteiger partial charge in [0.05, 0.1) is 26.9 Å². The quantitative estimate of drug-likeness (QED) is 0.204. The van der Waals surface area contributed by atoms with Crippen molar-refractivity contribution in [2.45, 2.75) is 54.9 Å². The van der Waals surface area contributed by atoms with Gasteiger partial charge < -0.3 is 0 Å². The molecule has 6 heteroatoms. The maximum atomic E-state index is 14.7. The van der Waals surface area contributed by atoms with E-state index in [4.69, 9.17) is 0 Å². The lowest BCUT2D eigenvalue weighted by Gasteiger charge is -2.41. The summed E-state index contributed by atoms with van der Waals surface area (Å²) in [7, 11) is -3.89. The summed E-state index contributed by atoms with van der Waals surface area (Å²) in [5.74, 6) is -0.00739. The molecule has 0 N–H and O–H groups in total. The van der Waals surface area contributed by atoms with Gasteiger partial charge in [-0.2, -0.15) is 0 Å². The number of hydrogen-bond donors (Lipinski definition) is 0. The predicted octanol–water partition coefficient (Wildman–Crippen LogP) is 6.90. The first-order valence-electron chi connectivity index (χ1n) is 12.1. The third-order valence-electron chi connectivity index (χ3n) is 7.05. The molecule has 0 fully saturated rings. The standard InChI is InChI=1S/C30H29NO3S2/c1-21(2)28(35-23-12-6-4-7-13-23)29(32)30-20-22(3)18-19-27(30)31(26-17-11-10-16-25(26)30)36(33,34)24-14-8-5-9-15-24/h4-18,27H,19-20H2,1-3H3/t27-,30+/m0/s1. The van der Waals surface area contributed by atoms with Crippen LogP contribution in [0.2, 0.25) is 0 Å². The molecular weight excluding hydrogens is 486 g/mol. The highest BCUT2D eigenvalue weighted by atomic mass is 32.2. The van der Waals surface area contributed by atoms with Crippen LogP contribution < -0.4 is 4.31 Å². The number of Topliss-reactive ketones (excluding diaryl/α,β-unsaturated/α-hetero) is 1. The average Bonchev–Trinajstić information content (AvgIpc) is 3.19. The van der Waals surface area contributed by atoms with E-state index >= 15 is 0 Å². The molecule has 0 saturated heterocycles. The lowest BCUT2D eigenvalue weighted by atomic mass is 9.65. The molecule has 4 nitrogen and oxygen atoms in total. The van der Waals surface area contributed by atoms with Gasteiger partial charge in [-0.3, -0.25) is 9.10 Å². The largest absolute Gasteiger partial charge is 0.292 e. The molecule has 3 aromatic rings. The van der Waals surface area contributed by atoms with E-state index in [1.54, 1.807) is 30.3 Å². The highest BCUT2D eigenvalue weighted by Gasteiger charge is 2.60. The van der Waals surface area contributed by atoms with Gasteiger partial charge in [0, 0.05) is 4.90 Å². The minimum absolute atomic E-state index is 0.00739. The summed E-state index contributed by atoms with van der Waals surface area (Å²) in [6.45, 7) is 5.95. The first-order valence-corrected chi connectivity index (χ1v) is 14.3. The maximum absolute atomic E-state index is 14.7. The average molecular weight is 516 g/mol. The molecule has 0 bridgehead atoms. The summed E-state index contributed by atoms with van der Waals surface area (Å²) in [4.78, 5) is 16.6. The lowest BCUT2D eigenvalue weighted by Crippen LogP contribution is -2.53. The van der Waals surface area contributed by atoms with E-state index < -0.39 is 21.5 Å². The molecule has 0 unspecified atom stereocenters. The molecule has 0 saturated carbocycles. The van der Waals surface area contributed by atoms with Crippen molar-refractivity contribution in [1.29, 1.82) is 0 Å². The number of hydrogen-bond acceptors (Lipinski definition) is 4. The van der Waals surface area contributed by atoms with Crippen molar-refractivity contribution < 1.29 is 13.2 Å². The van der Waals surface area contributed by atoms with E-state index in [0.717, 1.165) is 21.6 Å². The number of fused-ring (bicyclic) bond motifs is 3. The van der Waals surface area contributed by atoms with Crippen molar-refractivity contribution in [3.05, 3.63) is 113 Å². The Balaban J connectivity index is 1.71. The summed E-state index contributed by atoms with van der Waals surface area (Å²) < 4.78 is 29.7. The zero-order valence-corrected chi connectivity index (χ0v) is 22.3. The van der Waals surface area contributed by atoms with Crippen molar-refractivity contribution in [2.24, 2.45) is 0 Å². The van der Waals surface area contributed by atoms with Crippen molar-refractivity contribution in [3.8, 4) is 0 Å². The fraction of sp³-hybridized carbons (Fsp3) is 0.233. The van der Waals surface area contributed by atoms with Crippen LogP contribution in [0.4, 0.5) is 5.69 Å². The summed E-state index contributed by atoms with van der Waals surface area (Å²) in [6.07, 6.45) is 3.05. The van der Waals surface area contributed by atoms with E-state index in [1.165, 1.54) is 16.1 Å². The summed E-state index contributed by atoms with van der Waals surface area (Å²) in [6, 6.07) is 25.4. The Morgan fingerprint density at radius 3 is 2.19 bits per heavy atom. The van der Waals surface area contributed by atoms with Gasteiger partial charge in [-0.1, -0.05) is 83.6 Å². The van der Waals surface area contributed by atoms with E-state index in [9.17, 15) is 13.2 Å². The van der Waals surface area contributed by atoms with E-state index in [2.05, 4.69) is 6.08 Å². The molecule has 1 aliphatic heterocycles. The van der Waals surface area contributed by atoms with Gasteiger partial charge in [0.1, 0.15) is 0 Å². The Kier molecular flexibility index (Phi) is 6.43. The van der Waals surface area contributed by atoms with Gasteiger partial charge in [-0.05, 0) is 69.5 Å². The Morgan fingerprint density at radius 1 is 0.917 bits per heavy atom. The van der Waals surface area contributed by atoms with Gasteiger partial charge in [-0.25, -0.2) is 8.42 Å². The molecule has 1 heterocycles. The second-order valence-electron chi connectivity index (χ2n) is 9.65. The smallest absolute Gasteiger partial charge is 0.264 e. The van der Waals surface area contributed by atoms with Crippen molar-refractivity contribution in [3.63, 3.8) is 0 Å². The molecular formula is C30H29NO3S2. The van der Waals surface area contributed by atoms with Crippen LogP contribution in [-0.2, 0) is 20.2 Å². The first kappa shape index (κ1) is 24.6. The molecule has 36 heavy (non-hydrogen) atoms. The Hall–Kier alpha value is -3.09. The van der Waals surface area contributed by atoms with E-state index in [-0.39, 0.29) is 10.7 Å². The van der Waals surface area contributed by atoms with E-state index in [1.807, 2.05) is 75.4 Å². The molecule has 1 aliphatic carbocycles. The fourth-order valence-electron chi connectivity index (χ4n) is 5.47. The van der Waals surface area contributed by atoms with Crippen LogP contribution >= 0.6 is 11.8 Å². The van der Waals surface area contributed by atoms with Gasteiger partial charge in [0.25, 0.3) is 10.0 Å². The number of nitrogens with zero attached hydrogens (tertiary/aromatic N) is 1. The van der Waals surface area contributed by atoms with Crippen LogP contribution in [0.3, 0.4) is 0 Å². The molecule has 0 aromatic heterocycles. The Labute approximate surface area is 217 Å². The Morgan fingerprint density at radius 2 is 1.53 bits per heavy atom. The van der Waals surface area contributed by atoms with Crippen LogP contribution in [0.5, 0.6) is 0 Å². The number of para-hydroxylation sites is 1. The first-order chi connectivity index (χ1) is 17.3. The number of rotatable bonds is 6. The maximum Gasteiger partial charge on any atom is 0.264 e. The summed E-state index contributed by atoms with van der Waals surface area (Å²) in [5.41, 5.74) is 2.42. The van der Waals surface area contributed by atoms with Crippen LogP contribution in [0, 0.1) is 0 Å². The number of carbonyl (C=O) groups excluding carboxylic acids is 1. The van der Waals surface area contributed by atoms with Gasteiger partial charge in [0.15, 0.2) is 5.78 Å². The molecule has 0 radical (unpaired) electrons. The topological polar surface area (TPSA) is 54.5 Å². The minimum atomic E-state index is -3.89. The molecule has 3 aromatic carbocycles. The zero-order valence-electron chi connectivity index (χ0n) is 20.6. The minimum Gasteiger partial charge on any atom is -0.292 e. The number of anilines is 1. The molecule has 2 atom stereocenters. The fourth-order valence-corrected chi connectivity index (χ4v) is 8.22. The van der Waals surface area contributed by atoms with E-state index in [0.29, 0.717) is 23.4 Å². The predicted molar refractivity (Wildman–Crippen MR) is 147 cm³/mol. The molecule has 2 aliphatic rings. The third-order valence-corrected chi connectivity index (χ3v) is 10.2. The second kappa shape index (κ2) is 9.41. The highest BCUT2D eigenvalue weighted by molar-refractivity contribution is 8.04. The van der Waals surface area contributed by atoms with Gasteiger partial charge in [0.2, 0.25) is 0 Å². The Bertz CT molecular complexity index is 1470. The second-order valence-corrected chi connectivity index (χ2v) is 12.6. The normalized spacial score (nSPS) is 20.8. The van der Waals surface area contributed by atoms with Crippen molar-refractivity contribution in [2.75, 3.05) is 4.31 Å². The van der Waals surface area contributed by atoms with Crippen LogP contribution in [-0.4, -0.2) is 20.2 Å². The SMILES string of the molecule is CC1=CC[C@@H]2N(S(=O)(=O)c3ccccc3)c3ccccc3[C@]2(C(=O)C(Sc2ccccc2)=C(C)C)C1. The van der Waals surface area contributed by atoms with Crippen molar-refractivity contribution in [1.82, 2.24) is 0 Å². The third kappa shape index (κ3) is 3.93. The number of ketones is 1. The zero-order chi connectivity index (χ0) is 25.5. The monoisotopic (exact) mass is 515 g/mol. The lowest BCUT2D eigenvalue weighted by molar-refractivity contribution is -0.120. The molecule has 0 spiro atoms. The van der Waals surface area contributed by atoms with Crippen LogP contribution in [0.25, 0.3) is 0 Å². The number of thioether (sulfide) groups is 1. The number of benzene rings is 3. The number of carbonyl (C=O) groups is 1. The van der Waals surface area contributed by atoms with Crippen LogP contribution in [0.15, 0.2) is 117 Å². The molecule has 5 rings (SSSR count). The summed E-state index contributed by atoms with van der Waals surface area (Å²) >= 11 is 1.47. The number of allylic oxidation sites excluding steroid dienone is 3. The van der Waals surface area contributed by atoms with Gasteiger partial charge in [-0.15, -0.1) is 0 Å².